The summed E-state index contributed by atoms with van der Waals surface area (Å²) >= 11 is 1.48. The number of carboxylic acid groups (broad SMARTS) is 1. The fourth-order valence-corrected chi connectivity index (χ4v) is 1.97. The van der Waals surface area contributed by atoms with Gasteiger partial charge in [-0.1, -0.05) is 0 Å². The van der Waals surface area contributed by atoms with E-state index in [0.717, 1.165) is 5.75 Å². The molecular formula is C12H16N2O4S. The zero-order valence-electron chi connectivity index (χ0n) is 10.6. The summed E-state index contributed by atoms with van der Waals surface area (Å²) in [5.41, 5.74) is 0.684. The SMILES string of the molecule is COCCSCC(=O)NCc1cc(C(=O)O)ccn1. The Kier molecular flexibility index (Phi) is 6.91. The minimum atomic E-state index is -1.01. The first-order valence-corrected chi connectivity index (χ1v) is 6.80. The van der Waals surface area contributed by atoms with Crippen LogP contribution in [0.1, 0.15) is 16.1 Å². The second kappa shape index (κ2) is 8.49. The van der Waals surface area contributed by atoms with Crippen LogP contribution in [0.2, 0.25) is 0 Å². The van der Waals surface area contributed by atoms with Gasteiger partial charge in [-0.05, 0) is 12.1 Å². The molecule has 0 aromatic carbocycles. The summed E-state index contributed by atoms with van der Waals surface area (Å²) in [7, 11) is 1.61. The van der Waals surface area contributed by atoms with E-state index in [1.165, 1.54) is 30.1 Å². The molecule has 1 heterocycles. The lowest BCUT2D eigenvalue weighted by atomic mass is 10.2. The molecular weight excluding hydrogens is 268 g/mol. The zero-order valence-corrected chi connectivity index (χ0v) is 11.4. The number of nitrogens with one attached hydrogen (secondary N) is 1. The normalized spacial score (nSPS) is 10.2. The van der Waals surface area contributed by atoms with Crippen LogP contribution in [0.15, 0.2) is 18.3 Å². The predicted molar refractivity (Wildman–Crippen MR) is 72.2 cm³/mol. The third-order valence-electron chi connectivity index (χ3n) is 2.20. The van der Waals surface area contributed by atoms with Crippen molar-refractivity contribution in [2.45, 2.75) is 6.54 Å². The quantitative estimate of drug-likeness (QED) is 0.686. The van der Waals surface area contributed by atoms with Crippen LogP contribution >= 0.6 is 11.8 Å². The van der Waals surface area contributed by atoms with Crippen molar-refractivity contribution in [1.82, 2.24) is 10.3 Å². The molecule has 2 N–H and O–H groups in total. The maximum absolute atomic E-state index is 11.5. The topological polar surface area (TPSA) is 88.5 Å². The Morgan fingerprint density at radius 1 is 1.53 bits per heavy atom. The van der Waals surface area contributed by atoms with E-state index in [1.54, 1.807) is 7.11 Å². The molecule has 0 fully saturated rings. The van der Waals surface area contributed by atoms with Gasteiger partial charge in [-0.25, -0.2) is 4.79 Å². The highest BCUT2D eigenvalue weighted by Crippen LogP contribution is 2.02. The second-order valence-electron chi connectivity index (χ2n) is 3.66. The number of hydrogen-bond acceptors (Lipinski definition) is 5. The van der Waals surface area contributed by atoms with Gasteiger partial charge in [0.05, 0.1) is 30.2 Å². The number of carbonyl (C=O) groups is 2. The average Bonchev–Trinajstić information content (AvgIpc) is 2.41. The Balaban J connectivity index is 2.33. The number of carbonyl (C=O) groups excluding carboxylic acids is 1. The van der Waals surface area contributed by atoms with E-state index in [9.17, 15) is 9.59 Å². The molecule has 0 aliphatic carbocycles. The molecule has 0 atom stereocenters. The van der Waals surface area contributed by atoms with Gasteiger partial charge in [-0.3, -0.25) is 9.78 Å². The van der Waals surface area contributed by atoms with Crippen LogP contribution in [0.4, 0.5) is 0 Å². The van der Waals surface area contributed by atoms with Crippen molar-refractivity contribution < 1.29 is 19.4 Å². The van der Waals surface area contributed by atoms with E-state index in [1.807, 2.05) is 0 Å². The van der Waals surface area contributed by atoms with Crippen molar-refractivity contribution in [2.24, 2.45) is 0 Å². The molecule has 1 aromatic rings. The standard InChI is InChI=1S/C12H16N2O4S/c1-18-4-5-19-8-11(15)14-7-10-6-9(12(16)17)2-3-13-10/h2-3,6H,4-5,7-8H2,1H3,(H,14,15)(H,16,17). The van der Waals surface area contributed by atoms with Crippen molar-refractivity contribution in [3.8, 4) is 0 Å². The first-order chi connectivity index (χ1) is 9.13. The monoisotopic (exact) mass is 284 g/mol. The summed E-state index contributed by atoms with van der Waals surface area (Å²) < 4.78 is 4.87. The van der Waals surface area contributed by atoms with Crippen molar-refractivity contribution in [3.05, 3.63) is 29.6 Å². The number of carboxylic acids is 1. The second-order valence-corrected chi connectivity index (χ2v) is 4.77. The third kappa shape index (κ3) is 6.21. The fraction of sp³-hybridized carbons (Fsp3) is 0.417. The van der Waals surface area contributed by atoms with E-state index in [4.69, 9.17) is 9.84 Å². The van der Waals surface area contributed by atoms with Crippen molar-refractivity contribution >= 4 is 23.6 Å². The number of methoxy groups -OCH3 is 1. The molecule has 0 aliphatic rings. The largest absolute Gasteiger partial charge is 0.478 e. The highest BCUT2D eigenvalue weighted by atomic mass is 32.2. The van der Waals surface area contributed by atoms with Crippen molar-refractivity contribution in [3.63, 3.8) is 0 Å². The number of nitrogens with zero attached hydrogens (tertiary/aromatic N) is 1. The van der Waals surface area contributed by atoms with Crippen molar-refractivity contribution in [2.75, 3.05) is 25.2 Å². The number of thioether (sulfide) groups is 1. The average molecular weight is 284 g/mol. The first-order valence-electron chi connectivity index (χ1n) is 5.65. The Bertz CT molecular complexity index is 439. The van der Waals surface area contributed by atoms with Gasteiger partial charge in [0.1, 0.15) is 0 Å². The molecule has 1 amide bonds. The van der Waals surface area contributed by atoms with Gasteiger partial charge in [0.15, 0.2) is 0 Å². The van der Waals surface area contributed by atoms with Gasteiger partial charge in [-0.2, -0.15) is 0 Å². The van der Waals surface area contributed by atoms with E-state index in [0.29, 0.717) is 18.1 Å². The lowest BCUT2D eigenvalue weighted by Crippen LogP contribution is -2.25. The van der Waals surface area contributed by atoms with Crippen LogP contribution < -0.4 is 5.32 Å². The Labute approximate surface area is 115 Å². The summed E-state index contributed by atoms with van der Waals surface area (Å²) in [4.78, 5) is 26.2. The molecule has 0 aliphatic heterocycles. The molecule has 0 saturated carbocycles. The molecule has 0 bridgehead atoms. The molecule has 19 heavy (non-hydrogen) atoms. The zero-order chi connectivity index (χ0) is 14.1. The summed E-state index contributed by atoms with van der Waals surface area (Å²) in [6, 6.07) is 2.86. The van der Waals surface area contributed by atoms with Crippen LogP contribution in [-0.4, -0.2) is 47.2 Å². The van der Waals surface area contributed by atoms with Gasteiger partial charge in [0, 0.05) is 19.1 Å². The molecule has 6 nitrogen and oxygen atoms in total. The third-order valence-corrected chi connectivity index (χ3v) is 3.12. The highest BCUT2D eigenvalue weighted by Gasteiger charge is 2.06. The van der Waals surface area contributed by atoms with Crippen molar-refractivity contribution in [1.29, 1.82) is 0 Å². The molecule has 0 radical (unpaired) electrons. The van der Waals surface area contributed by atoms with Gasteiger partial charge in [0.2, 0.25) is 5.91 Å². The maximum atomic E-state index is 11.5. The Morgan fingerprint density at radius 2 is 2.32 bits per heavy atom. The summed E-state index contributed by atoms with van der Waals surface area (Å²) in [6.45, 7) is 0.838. The number of ether oxygens (including phenoxy) is 1. The smallest absolute Gasteiger partial charge is 0.335 e. The predicted octanol–water partition coefficient (Wildman–Crippen LogP) is 0.776. The highest BCUT2D eigenvalue weighted by molar-refractivity contribution is 7.99. The van der Waals surface area contributed by atoms with Gasteiger partial charge in [-0.15, -0.1) is 11.8 Å². The fourth-order valence-electron chi connectivity index (χ4n) is 1.26. The minimum Gasteiger partial charge on any atom is -0.478 e. The number of amides is 1. The summed E-state index contributed by atoms with van der Waals surface area (Å²) in [6.07, 6.45) is 1.41. The summed E-state index contributed by atoms with van der Waals surface area (Å²) in [5, 5.41) is 11.5. The van der Waals surface area contributed by atoms with Gasteiger partial charge < -0.3 is 15.2 Å². The minimum absolute atomic E-state index is 0.108. The van der Waals surface area contributed by atoms with E-state index in [-0.39, 0.29) is 18.0 Å². The number of aromatic nitrogens is 1. The van der Waals surface area contributed by atoms with Gasteiger partial charge in [0.25, 0.3) is 0 Å². The van der Waals surface area contributed by atoms with Crippen LogP contribution in [0.5, 0.6) is 0 Å². The first kappa shape index (κ1) is 15.5. The number of pyridine rings is 1. The Hall–Kier alpha value is -1.60. The van der Waals surface area contributed by atoms with Crippen LogP contribution in [0, 0.1) is 0 Å². The molecule has 1 aromatic heterocycles. The number of aromatic carboxylic acids is 1. The number of rotatable bonds is 8. The maximum Gasteiger partial charge on any atom is 0.335 e. The van der Waals surface area contributed by atoms with Crippen LogP contribution in [-0.2, 0) is 16.1 Å². The lowest BCUT2D eigenvalue weighted by molar-refractivity contribution is -0.118. The van der Waals surface area contributed by atoms with Gasteiger partial charge >= 0.3 is 5.97 Å². The molecule has 0 saturated heterocycles. The lowest BCUT2D eigenvalue weighted by Gasteiger charge is -2.05. The van der Waals surface area contributed by atoms with E-state index < -0.39 is 5.97 Å². The van der Waals surface area contributed by atoms with Crippen LogP contribution in [0.25, 0.3) is 0 Å². The molecule has 0 spiro atoms. The molecule has 7 heteroatoms. The Morgan fingerprint density at radius 3 is 3.00 bits per heavy atom. The van der Waals surface area contributed by atoms with E-state index in [2.05, 4.69) is 10.3 Å². The molecule has 1 rings (SSSR count). The van der Waals surface area contributed by atoms with Crippen LogP contribution in [0.3, 0.4) is 0 Å². The molecule has 0 unspecified atom stereocenters. The summed E-state index contributed by atoms with van der Waals surface area (Å²) in [5.74, 6) is -0.00715. The number of hydrogen-bond donors (Lipinski definition) is 2. The molecule has 104 valence electrons. The van der Waals surface area contributed by atoms with E-state index >= 15 is 0 Å².